The normalized spacial score (nSPS) is 9.33. The van der Waals surface area contributed by atoms with Gasteiger partial charge in [0.2, 0.25) is 6.20 Å². The Bertz CT molecular complexity index is 287. The highest BCUT2D eigenvalue weighted by atomic mass is 16.6. The van der Waals surface area contributed by atoms with E-state index in [0.717, 1.165) is 12.3 Å². The minimum Gasteiger partial charge on any atom is -0.358 e. The summed E-state index contributed by atoms with van der Waals surface area (Å²) < 4.78 is 0. The van der Waals surface area contributed by atoms with Gasteiger partial charge in [0.15, 0.2) is 0 Å². The van der Waals surface area contributed by atoms with Crippen LogP contribution in [0.5, 0.6) is 0 Å². The molecule has 0 unspecified atom stereocenters. The van der Waals surface area contributed by atoms with Crippen molar-refractivity contribution in [3.05, 3.63) is 38.6 Å². The third-order valence-corrected chi connectivity index (χ3v) is 1.05. The second kappa shape index (κ2) is 2.91. The van der Waals surface area contributed by atoms with Crippen LogP contribution in [-0.4, -0.2) is 14.8 Å². The number of hydrogen-bond acceptors (Lipinski definition) is 5. The van der Waals surface area contributed by atoms with Crippen LogP contribution in [-0.2, 0) is 0 Å². The lowest BCUT2D eigenvalue weighted by molar-refractivity contribution is -0.393. The van der Waals surface area contributed by atoms with E-state index >= 15 is 0 Å². The third-order valence-electron chi connectivity index (χ3n) is 1.05. The Labute approximate surface area is 66.0 Å². The van der Waals surface area contributed by atoms with Crippen LogP contribution in [0, 0.1) is 26.3 Å². The molecule has 12 heavy (non-hydrogen) atoms. The molecule has 0 fully saturated rings. The van der Waals surface area contributed by atoms with Gasteiger partial charge in [0.05, 0.1) is 11.0 Å². The quantitative estimate of drug-likeness (QED) is 0.477. The fourth-order valence-electron chi connectivity index (χ4n) is 0.540. The molecule has 61 valence electrons. The molecule has 0 N–H and O–H groups in total. The van der Waals surface area contributed by atoms with Gasteiger partial charge < -0.3 is 10.1 Å². The first kappa shape index (κ1) is 8.05. The van der Waals surface area contributed by atoms with E-state index in [-0.39, 0.29) is 5.69 Å². The Balaban J connectivity index is 3.01. The molecule has 1 heterocycles. The van der Waals surface area contributed by atoms with Crippen LogP contribution in [0.3, 0.4) is 0 Å². The molecule has 0 saturated carbocycles. The number of nitrogens with zero attached hydrogens (tertiary/aromatic N) is 3. The summed E-state index contributed by atoms with van der Waals surface area (Å²) in [5.74, 6) is -0.527. The Morgan fingerprint density at radius 1 is 1.33 bits per heavy atom. The van der Waals surface area contributed by atoms with Gasteiger partial charge in [-0.25, -0.2) is 0 Å². The molecule has 7 nitrogen and oxygen atoms in total. The second-order valence-electron chi connectivity index (χ2n) is 1.81. The molecule has 0 aliphatic heterocycles. The van der Waals surface area contributed by atoms with E-state index in [4.69, 9.17) is 0 Å². The molecule has 0 bridgehead atoms. The number of rotatable bonds is 2. The molecule has 0 aliphatic carbocycles. The van der Waals surface area contributed by atoms with Crippen molar-refractivity contribution >= 4 is 11.5 Å². The number of hydrogen-bond donors (Lipinski definition) is 0. The molecule has 0 atom stereocenters. The summed E-state index contributed by atoms with van der Waals surface area (Å²) in [5, 5.41) is 20.1. The summed E-state index contributed by atoms with van der Waals surface area (Å²) in [6.45, 7) is 0. The average Bonchev–Trinajstić information content (AvgIpc) is 2.04. The standard InChI is InChI=1S/C5H2N3O4/c9-7(10)4-1-2-5(6-3-4)8(11)12/h1,3H. The lowest BCUT2D eigenvalue weighted by Crippen LogP contribution is -1.94. The smallest absolute Gasteiger partial charge is 0.358 e. The van der Waals surface area contributed by atoms with Gasteiger partial charge in [-0.05, 0) is 9.91 Å². The zero-order valence-corrected chi connectivity index (χ0v) is 5.63. The van der Waals surface area contributed by atoms with Gasteiger partial charge >= 0.3 is 11.5 Å². The molecular weight excluding hydrogens is 166 g/mol. The summed E-state index contributed by atoms with van der Waals surface area (Å²) in [7, 11) is 0. The topological polar surface area (TPSA) is 99.2 Å². The molecular formula is C5H2N3O4. The largest absolute Gasteiger partial charge is 0.372 e. The van der Waals surface area contributed by atoms with E-state index in [1.54, 1.807) is 0 Å². The zero-order valence-electron chi connectivity index (χ0n) is 5.63. The highest BCUT2D eigenvalue weighted by Gasteiger charge is 2.12. The van der Waals surface area contributed by atoms with Crippen LogP contribution in [0.15, 0.2) is 12.3 Å². The van der Waals surface area contributed by atoms with Crippen LogP contribution in [0.2, 0.25) is 0 Å². The predicted molar refractivity (Wildman–Crippen MR) is 36.4 cm³/mol. The minimum atomic E-state index is -0.774. The van der Waals surface area contributed by atoms with Crippen molar-refractivity contribution in [1.29, 1.82) is 0 Å². The van der Waals surface area contributed by atoms with Crippen LogP contribution in [0.4, 0.5) is 11.5 Å². The maximum Gasteiger partial charge on any atom is 0.372 e. The fraction of sp³-hybridized carbons (Fsp3) is 0. The van der Waals surface area contributed by atoms with Gasteiger partial charge in [0.1, 0.15) is 0 Å². The lowest BCUT2D eigenvalue weighted by Gasteiger charge is -1.88. The van der Waals surface area contributed by atoms with Crippen LogP contribution in [0.25, 0.3) is 0 Å². The van der Waals surface area contributed by atoms with Crippen LogP contribution >= 0.6 is 0 Å². The molecule has 0 amide bonds. The van der Waals surface area contributed by atoms with Gasteiger partial charge in [-0.2, -0.15) is 0 Å². The van der Waals surface area contributed by atoms with Crippen molar-refractivity contribution in [1.82, 2.24) is 4.98 Å². The van der Waals surface area contributed by atoms with Crippen molar-refractivity contribution in [3.8, 4) is 0 Å². The van der Waals surface area contributed by atoms with Crippen molar-refractivity contribution in [2.45, 2.75) is 0 Å². The van der Waals surface area contributed by atoms with Crippen molar-refractivity contribution < 1.29 is 9.85 Å². The molecule has 0 saturated heterocycles. The predicted octanol–water partition coefficient (Wildman–Crippen LogP) is 0.698. The van der Waals surface area contributed by atoms with E-state index in [1.807, 2.05) is 0 Å². The maximum absolute atomic E-state index is 10.1. The van der Waals surface area contributed by atoms with Crippen molar-refractivity contribution in [3.63, 3.8) is 0 Å². The summed E-state index contributed by atoms with van der Waals surface area (Å²) in [5.41, 5.74) is -0.319. The summed E-state index contributed by atoms with van der Waals surface area (Å²) in [6, 6.07) is 2.97. The van der Waals surface area contributed by atoms with E-state index in [9.17, 15) is 20.2 Å². The summed E-state index contributed by atoms with van der Waals surface area (Å²) in [6.07, 6.45) is 0.814. The van der Waals surface area contributed by atoms with Crippen LogP contribution < -0.4 is 0 Å². The highest BCUT2D eigenvalue weighted by molar-refractivity contribution is 5.30. The Morgan fingerprint density at radius 3 is 2.33 bits per heavy atom. The fourth-order valence-corrected chi connectivity index (χ4v) is 0.540. The lowest BCUT2D eigenvalue weighted by atomic mass is 10.4. The second-order valence-corrected chi connectivity index (χ2v) is 1.81. The Hall–Kier alpha value is -2.05. The van der Waals surface area contributed by atoms with Crippen LogP contribution in [0.1, 0.15) is 0 Å². The van der Waals surface area contributed by atoms with Crippen molar-refractivity contribution in [2.24, 2.45) is 0 Å². The molecule has 0 spiro atoms. The first-order valence-electron chi connectivity index (χ1n) is 2.78. The molecule has 1 rings (SSSR count). The first-order chi connectivity index (χ1) is 5.61. The maximum atomic E-state index is 10.1. The number of nitro groups is 2. The monoisotopic (exact) mass is 168 g/mol. The van der Waals surface area contributed by atoms with Gasteiger partial charge in [-0.1, -0.05) is 0 Å². The zero-order chi connectivity index (χ0) is 9.14. The molecule has 1 radical (unpaired) electrons. The number of aromatic nitrogens is 1. The van der Waals surface area contributed by atoms with E-state index in [2.05, 4.69) is 11.1 Å². The SMILES string of the molecule is O=[N+]([O-])c1c[c]c([N+](=O)[O-])nc1. The molecule has 1 aromatic rings. The summed E-state index contributed by atoms with van der Waals surface area (Å²) in [4.78, 5) is 21.8. The summed E-state index contributed by atoms with van der Waals surface area (Å²) >= 11 is 0. The van der Waals surface area contributed by atoms with Gasteiger partial charge in [0.25, 0.3) is 0 Å². The van der Waals surface area contributed by atoms with E-state index < -0.39 is 15.7 Å². The average molecular weight is 168 g/mol. The van der Waals surface area contributed by atoms with E-state index in [1.165, 1.54) is 0 Å². The third kappa shape index (κ3) is 1.51. The van der Waals surface area contributed by atoms with E-state index in [0.29, 0.717) is 0 Å². The molecule has 0 aliphatic rings. The number of pyridine rings is 1. The minimum absolute atomic E-state index is 0.319. The van der Waals surface area contributed by atoms with Crippen molar-refractivity contribution in [2.75, 3.05) is 0 Å². The Kier molecular flexibility index (Phi) is 1.95. The first-order valence-corrected chi connectivity index (χ1v) is 2.78. The van der Waals surface area contributed by atoms with Gasteiger partial charge in [-0.15, -0.1) is 0 Å². The van der Waals surface area contributed by atoms with Gasteiger partial charge in [0, 0.05) is 6.07 Å². The molecule has 7 heteroatoms. The Morgan fingerprint density at radius 2 is 2.00 bits per heavy atom. The van der Waals surface area contributed by atoms with Gasteiger partial charge in [-0.3, -0.25) is 10.1 Å². The highest BCUT2D eigenvalue weighted by Crippen LogP contribution is 2.11. The molecule has 0 aromatic carbocycles. The molecule has 1 aromatic heterocycles.